The summed E-state index contributed by atoms with van der Waals surface area (Å²) in [6.07, 6.45) is 0.795. The molecule has 0 heterocycles. The van der Waals surface area contributed by atoms with E-state index in [4.69, 9.17) is 0 Å². The van der Waals surface area contributed by atoms with Crippen LogP contribution < -0.4 is 10.6 Å². The smallest absolute Gasteiger partial charge is 0.319 e. The minimum atomic E-state index is -1.13. The van der Waals surface area contributed by atoms with Gasteiger partial charge < -0.3 is 20.8 Å². The van der Waals surface area contributed by atoms with Gasteiger partial charge in [-0.05, 0) is 30.0 Å². The molecule has 0 radical (unpaired) electrons. The monoisotopic (exact) mass is 377 g/mol. The molecule has 9 heteroatoms. The number of rotatable bonds is 7. The third kappa shape index (κ3) is 4.94. The van der Waals surface area contributed by atoms with E-state index in [9.17, 15) is 25.1 Å². The quantitative estimate of drug-likeness (QED) is 0.334. The SMILES string of the molecule is CSc1ccc(C(O)C(CO)NC(=O)Nc2ccccc2[N+](=O)[O-])cc1. The molecule has 2 rings (SSSR count). The number of carbonyl (C=O) groups excluding carboxylic acids is 1. The number of nitro benzene ring substituents is 1. The molecule has 26 heavy (non-hydrogen) atoms. The number of urea groups is 1. The van der Waals surface area contributed by atoms with Crippen LogP contribution in [0.2, 0.25) is 0 Å². The highest BCUT2D eigenvalue weighted by Crippen LogP contribution is 2.24. The Balaban J connectivity index is 2.06. The molecule has 2 amide bonds. The zero-order valence-electron chi connectivity index (χ0n) is 14.0. The minimum absolute atomic E-state index is 0.0190. The van der Waals surface area contributed by atoms with E-state index in [1.165, 1.54) is 18.2 Å². The molecule has 2 unspecified atom stereocenters. The van der Waals surface area contributed by atoms with Gasteiger partial charge in [0.2, 0.25) is 0 Å². The molecule has 4 N–H and O–H groups in total. The number of hydrogen-bond donors (Lipinski definition) is 4. The average molecular weight is 377 g/mol. The maximum atomic E-state index is 12.1. The lowest BCUT2D eigenvalue weighted by molar-refractivity contribution is -0.383. The Bertz CT molecular complexity index is 769. The highest BCUT2D eigenvalue weighted by molar-refractivity contribution is 7.98. The molecule has 138 valence electrons. The number of amides is 2. The van der Waals surface area contributed by atoms with Gasteiger partial charge in [-0.2, -0.15) is 0 Å². The van der Waals surface area contributed by atoms with Crippen LogP contribution in [0, 0.1) is 10.1 Å². The van der Waals surface area contributed by atoms with Crippen molar-refractivity contribution in [3.8, 4) is 0 Å². The first kappa shape index (κ1) is 19.7. The second kappa shape index (κ2) is 9.18. The fourth-order valence-corrected chi connectivity index (χ4v) is 2.73. The lowest BCUT2D eigenvalue weighted by Gasteiger charge is -2.23. The highest BCUT2D eigenvalue weighted by Gasteiger charge is 2.23. The molecular weight excluding hydrogens is 358 g/mol. The standard InChI is InChI=1S/C17H19N3O5S/c1-26-12-8-6-11(7-9-12)16(22)14(10-21)19-17(23)18-13-4-2-3-5-15(13)20(24)25/h2-9,14,16,21-22H,10H2,1H3,(H2,18,19,23). The van der Waals surface area contributed by atoms with Crippen LogP contribution in [0.15, 0.2) is 53.4 Å². The van der Waals surface area contributed by atoms with Crippen molar-refractivity contribution >= 4 is 29.2 Å². The molecule has 0 bridgehead atoms. The Morgan fingerprint density at radius 3 is 2.46 bits per heavy atom. The van der Waals surface area contributed by atoms with Crippen molar-refractivity contribution < 1.29 is 19.9 Å². The lowest BCUT2D eigenvalue weighted by atomic mass is 10.0. The molecule has 0 aromatic heterocycles. The summed E-state index contributed by atoms with van der Waals surface area (Å²) in [7, 11) is 0. The van der Waals surface area contributed by atoms with Crippen molar-refractivity contribution in [3.63, 3.8) is 0 Å². The number of thioether (sulfide) groups is 1. The highest BCUT2D eigenvalue weighted by atomic mass is 32.2. The summed E-state index contributed by atoms with van der Waals surface area (Å²) in [5.41, 5.74) is 0.301. The molecule has 2 aromatic rings. The second-order valence-electron chi connectivity index (χ2n) is 5.38. The van der Waals surface area contributed by atoms with Gasteiger partial charge in [0.05, 0.1) is 17.6 Å². The van der Waals surface area contributed by atoms with Gasteiger partial charge in [0.15, 0.2) is 0 Å². The Labute approximate surface area is 154 Å². The summed E-state index contributed by atoms with van der Waals surface area (Å²) in [4.78, 5) is 23.5. The number of nitro groups is 1. The summed E-state index contributed by atoms with van der Waals surface area (Å²) < 4.78 is 0. The van der Waals surface area contributed by atoms with Crippen molar-refractivity contribution in [2.24, 2.45) is 0 Å². The van der Waals surface area contributed by atoms with Gasteiger partial charge in [0, 0.05) is 11.0 Å². The lowest BCUT2D eigenvalue weighted by Crippen LogP contribution is -2.44. The van der Waals surface area contributed by atoms with Crippen LogP contribution in [0.4, 0.5) is 16.2 Å². The summed E-state index contributed by atoms with van der Waals surface area (Å²) in [5.74, 6) is 0. The largest absolute Gasteiger partial charge is 0.394 e. The number of aliphatic hydroxyl groups is 2. The van der Waals surface area contributed by atoms with Crippen molar-refractivity contribution in [3.05, 3.63) is 64.2 Å². The summed E-state index contributed by atoms with van der Waals surface area (Å²) in [6, 6.07) is 11.0. The Morgan fingerprint density at radius 2 is 1.88 bits per heavy atom. The predicted octanol–water partition coefficient (Wildman–Crippen LogP) is 2.53. The molecule has 2 atom stereocenters. The van der Waals surface area contributed by atoms with E-state index < -0.39 is 29.7 Å². The van der Waals surface area contributed by atoms with Crippen LogP contribution in [0.25, 0.3) is 0 Å². The number of benzene rings is 2. The van der Waals surface area contributed by atoms with Crippen LogP contribution in [0.1, 0.15) is 11.7 Å². The molecule has 0 aliphatic rings. The van der Waals surface area contributed by atoms with Gasteiger partial charge in [-0.15, -0.1) is 11.8 Å². The van der Waals surface area contributed by atoms with Crippen LogP contribution in [0.3, 0.4) is 0 Å². The second-order valence-corrected chi connectivity index (χ2v) is 6.26. The maximum absolute atomic E-state index is 12.1. The van der Waals surface area contributed by atoms with Crippen molar-refractivity contribution in [2.45, 2.75) is 17.0 Å². The average Bonchev–Trinajstić information content (AvgIpc) is 2.66. The molecule has 0 fully saturated rings. The minimum Gasteiger partial charge on any atom is -0.394 e. The van der Waals surface area contributed by atoms with Crippen LogP contribution in [0.5, 0.6) is 0 Å². The van der Waals surface area contributed by atoms with Crippen LogP contribution in [-0.2, 0) is 0 Å². The topological polar surface area (TPSA) is 125 Å². The van der Waals surface area contributed by atoms with Gasteiger partial charge >= 0.3 is 6.03 Å². The normalized spacial score (nSPS) is 12.9. The number of carbonyl (C=O) groups is 1. The molecule has 8 nitrogen and oxygen atoms in total. The number of nitrogens with zero attached hydrogens (tertiary/aromatic N) is 1. The number of hydrogen-bond acceptors (Lipinski definition) is 6. The van der Waals surface area contributed by atoms with Gasteiger partial charge in [-0.1, -0.05) is 24.3 Å². The predicted molar refractivity (Wildman–Crippen MR) is 99.3 cm³/mol. The van der Waals surface area contributed by atoms with Crippen molar-refractivity contribution in [1.82, 2.24) is 5.32 Å². The van der Waals surface area contributed by atoms with Gasteiger partial charge in [-0.3, -0.25) is 10.1 Å². The van der Waals surface area contributed by atoms with E-state index in [0.717, 1.165) is 4.90 Å². The third-order valence-corrected chi connectivity index (χ3v) is 4.44. The first-order chi connectivity index (χ1) is 12.5. The Morgan fingerprint density at radius 1 is 1.23 bits per heavy atom. The number of para-hydroxylation sites is 2. The third-order valence-electron chi connectivity index (χ3n) is 3.70. The summed E-state index contributed by atoms with van der Waals surface area (Å²) >= 11 is 1.55. The van der Waals surface area contributed by atoms with Crippen molar-refractivity contribution in [1.29, 1.82) is 0 Å². The van der Waals surface area contributed by atoms with E-state index in [2.05, 4.69) is 10.6 Å². The summed E-state index contributed by atoms with van der Waals surface area (Å²) in [6.45, 7) is -0.504. The Hall–Kier alpha value is -2.62. The van der Waals surface area contributed by atoms with Gasteiger partial charge in [0.1, 0.15) is 11.8 Å². The van der Waals surface area contributed by atoms with E-state index in [1.54, 1.807) is 30.0 Å². The maximum Gasteiger partial charge on any atom is 0.319 e. The molecule has 0 saturated carbocycles. The van der Waals surface area contributed by atoms with E-state index in [0.29, 0.717) is 5.56 Å². The fourth-order valence-electron chi connectivity index (χ4n) is 2.32. The first-order valence-electron chi connectivity index (χ1n) is 7.70. The fraction of sp³-hybridized carbons (Fsp3) is 0.235. The molecule has 0 aliphatic carbocycles. The molecule has 0 aliphatic heterocycles. The molecule has 0 saturated heterocycles. The molecule has 2 aromatic carbocycles. The number of anilines is 1. The first-order valence-corrected chi connectivity index (χ1v) is 8.92. The Kier molecular flexibility index (Phi) is 6.96. The number of aliphatic hydroxyl groups excluding tert-OH is 2. The van der Waals surface area contributed by atoms with Gasteiger partial charge in [-0.25, -0.2) is 4.79 Å². The zero-order chi connectivity index (χ0) is 19.1. The van der Waals surface area contributed by atoms with E-state index in [-0.39, 0.29) is 11.4 Å². The van der Waals surface area contributed by atoms with Crippen molar-refractivity contribution in [2.75, 3.05) is 18.2 Å². The van der Waals surface area contributed by atoms with Gasteiger partial charge in [0.25, 0.3) is 5.69 Å². The summed E-state index contributed by atoms with van der Waals surface area (Å²) in [5, 5.41) is 35.7. The number of nitrogens with one attached hydrogen (secondary N) is 2. The van der Waals surface area contributed by atoms with E-state index >= 15 is 0 Å². The van der Waals surface area contributed by atoms with E-state index in [1.807, 2.05) is 18.4 Å². The molecule has 0 spiro atoms. The zero-order valence-corrected chi connectivity index (χ0v) is 14.8. The molecular formula is C17H19N3O5S. The van der Waals surface area contributed by atoms with Crippen LogP contribution in [-0.4, -0.2) is 40.1 Å². The van der Waals surface area contributed by atoms with Crippen LogP contribution >= 0.6 is 11.8 Å².